The van der Waals surface area contributed by atoms with Gasteiger partial charge >= 0.3 is 6.18 Å². The lowest BCUT2D eigenvalue weighted by Gasteiger charge is -2.18. The van der Waals surface area contributed by atoms with E-state index in [4.69, 9.17) is 6.57 Å². The first kappa shape index (κ1) is 15.8. The van der Waals surface area contributed by atoms with Crippen molar-refractivity contribution in [2.45, 2.75) is 26.4 Å². The van der Waals surface area contributed by atoms with Gasteiger partial charge in [-0.25, -0.2) is 4.85 Å². The van der Waals surface area contributed by atoms with Crippen LogP contribution in [0.25, 0.3) is 4.85 Å². The highest BCUT2D eigenvalue weighted by atomic mass is 19.4. The van der Waals surface area contributed by atoms with Crippen LogP contribution in [-0.4, -0.2) is 5.91 Å². The number of carbonyl (C=O) groups excluding carboxylic acids is 1. The minimum absolute atomic E-state index is 0.0456. The summed E-state index contributed by atoms with van der Waals surface area (Å²) < 4.78 is 39.3. The topological polar surface area (TPSA) is 33.5 Å². The third kappa shape index (κ3) is 3.18. The second-order valence-electron chi connectivity index (χ2n) is 4.18. The molecule has 1 rings (SSSR count). The summed E-state index contributed by atoms with van der Waals surface area (Å²) in [7, 11) is 0. The quantitative estimate of drug-likeness (QED) is 0.649. The summed E-state index contributed by atoms with van der Waals surface area (Å²) >= 11 is 0. The molecule has 0 heterocycles. The number of amides is 1. The van der Waals surface area contributed by atoms with Crippen molar-refractivity contribution in [3.63, 3.8) is 0 Å². The predicted molar refractivity (Wildman–Crippen MR) is 70.5 cm³/mol. The largest absolute Gasteiger partial charge is 0.407 e. The fourth-order valence-corrected chi connectivity index (χ4v) is 1.76. The number of carbonyl (C=O) groups is 1. The van der Waals surface area contributed by atoms with E-state index in [0.717, 1.165) is 6.07 Å². The Kier molecular flexibility index (Phi) is 4.56. The molecule has 0 aromatic heterocycles. The van der Waals surface area contributed by atoms with Crippen molar-refractivity contribution in [3.05, 3.63) is 46.8 Å². The number of hydrogen-bond acceptors (Lipinski definition) is 1. The maximum absolute atomic E-state index is 13.1. The van der Waals surface area contributed by atoms with Gasteiger partial charge in [0.05, 0.1) is 12.1 Å². The molecular formula is C14H13F3N2O. The zero-order valence-corrected chi connectivity index (χ0v) is 11.1. The van der Waals surface area contributed by atoms with Crippen molar-refractivity contribution in [3.8, 4) is 0 Å². The average Bonchev–Trinajstić information content (AvgIpc) is 2.36. The lowest BCUT2D eigenvalue weighted by Crippen LogP contribution is -2.16. The first-order valence-electron chi connectivity index (χ1n) is 5.79. The first-order valence-corrected chi connectivity index (χ1v) is 5.79. The van der Waals surface area contributed by atoms with Crippen LogP contribution in [0.5, 0.6) is 0 Å². The maximum atomic E-state index is 13.1. The Morgan fingerprint density at radius 2 is 2.05 bits per heavy atom. The number of hydrogen-bond donors (Lipinski definition) is 1. The van der Waals surface area contributed by atoms with Crippen molar-refractivity contribution in [1.29, 1.82) is 0 Å². The SMILES string of the molecule is [C-]#[N+]c1ccc(NC(=O)C(=C)C)c(CC)c1C(F)(F)F. The Bertz CT molecular complexity index is 598. The fraction of sp³-hybridized carbons (Fsp3) is 0.286. The molecule has 0 unspecified atom stereocenters. The summed E-state index contributed by atoms with van der Waals surface area (Å²) in [5.74, 6) is -0.552. The minimum atomic E-state index is -4.64. The highest BCUT2D eigenvalue weighted by Crippen LogP contribution is 2.42. The van der Waals surface area contributed by atoms with Gasteiger partial charge in [-0.15, -0.1) is 0 Å². The van der Waals surface area contributed by atoms with E-state index in [-0.39, 0.29) is 23.2 Å². The summed E-state index contributed by atoms with van der Waals surface area (Å²) in [4.78, 5) is 14.4. The molecule has 0 radical (unpaired) electrons. The zero-order chi connectivity index (χ0) is 15.5. The predicted octanol–water partition coefficient (Wildman–Crippen LogP) is 4.33. The molecule has 0 spiro atoms. The molecule has 1 N–H and O–H groups in total. The summed E-state index contributed by atoms with van der Waals surface area (Å²) in [6.45, 7) is 13.3. The minimum Gasteiger partial charge on any atom is -0.322 e. The van der Waals surface area contributed by atoms with Crippen molar-refractivity contribution in [2.24, 2.45) is 0 Å². The monoisotopic (exact) mass is 282 g/mol. The lowest BCUT2D eigenvalue weighted by molar-refractivity contribution is -0.137. The molecule has 1 amide bonds. The number of nitrogens with one attached hydrogen (secondary N) is 1. The Morgan fingerprint density at radius 3 is 2.45 bits per heavy atom. The van der Waals surface area contributed by atoms with Gasteiger partial charge < -0.3 is 5.32 Å². The van der Waals surface area contributed by atoms with Gasteiger partial charge in [-0.1, -0.05) is 19.6 Å². The van der Waals surface area contributed by atoms with E-state index in [9.17, 15) is 18.0 Å². The van der Waals surface area contributed by atoms with Gasteiger partial charge in [0.2, 0.25) is 0 Å². The van der Waals surface area contributed by atoms with E-state index in [1.165, 1.54) is 19.9 Å². The molecule has 106 valence electrons. The molecule has 1 aromatic rings. The van der Waals surface area contributed by atoms with E-state index in [1.807, 2.05) is 0 Å². The number of halogens is 3. The van der Waals surface area contributed by atoms with E-state index in [1.54, 1.807) is 0 Å². The highest BCUT2D eigenvalue weighted by molar-refractivity contribution is 6.03. The van der Waals surface area contributed by atoms with Gasteiger partial charge in [-0.2, -0.15) is 13.2 Å². The molecule has 20 heavy (non-hydrogen) atoms. The molecule has 0 saturated carbocycles. The standard InChI is InChI=1S/C14H13F3N2O/c1-5-9-10(19-13(20)8(2)3)6-7-11(18-4)12(9)14(15,16)17/h6-7H,2,5H2,1,3H3,(H,19,20). The summed E-state index contributed by atoms with van der Waals surface area (Å²) in [5, 5.41) is 2.38. The Morgan fingerprint density at radius 1 is 1.45 bits per heavy atom. The van der Waals surface area contributed by atoms with Crippen LogP contribution in [0.4, 0.5) is 24.5 Å². The first-order chi connectivity index (χ1) is 9.22. The molecule has 0 aliphatic carbocycles. The van der Waals surface area contributed by atoms with Crippen molar-refractivity contribution in [1.82, 2.24) is 0 Å². The lowest BCUT2D eigenvalue weighted by atomic mass is 10.00. The second-order valence-corrected chi connectivity index (χ2v) is 4.18. The van der Waals surface area contributed by atoms with Crippen LogP contribution in [0.15, 0.2) is 24.3 Å². The molecular weight excluding hydrogens is 269 g/mol. The molecule has 0 fully saturated rings. The molecule has 0 aliphatic heterocycles. The normalized spacial score (nSPS) is 10.8. The Hall–Kier alpha value is -2.29. The average molecular weight is 282 g/mol. The highest BCUT2D eigenvalue weighted by Gasteiger charge is 2.36. The van der Waals surface area contributed by atoms with E-state index >= 15 is 0 Å². The van der Waals surface area contributed by atoms with Crippen LogP contribution >= 0.6 is 0 Å². The third-order valence-corrected chi connectivity index (χ3v) is 2.68. The maximum Gasteiger partial charge on any atom is 0.407 e. The summed E-state index contributed by atoms with van der Waals surface area (Å²) in [6, 6.07) is 2.37. The van der Waals surface area contributed by atoms with Crippen LogP contribution in [0.3, 0.4) is 0 Å². The van der Waals surface area contributed by atoms with Gasteiger partial charge in [-0.3, -0.25) is 4.79 Å². The number of alkyl halides is 3. The number of anilines is 1. The van der Waals surface area contributed by atoms with Crippen LogP contribution < -0.4 is 5.32 Å². The molecule has 6 heteroatoms. The fourth-order valence-electron chi connectivity index (χ4n) is 1.76. The van der Waals surface area contributed by atoms with Crippen LogP contribution in [0.1, 0.15) is 25.0 Å². The van der Waals surface area contributed by atoms with Crippen LogP contribution in [-0.2, 0) is 17.4 Å². The summed E-state index contributed by atoms with van der Waals surface area (Å²) in [5.41, 5.74) is -1.31. The van der Waals surface area contributed by atoms with Gasteiger partial charge in [-0.05, 0) is 25.0 Å². The Labute approximate surface area is 114 Å². The van der Waals surface area contributed by atoms with Crippen molar-refractivity contribution >= 4 is 17.3 Å². The number of benzene rings is 1. The van der Waals surface area contributed by atoms with Crippen LogP contribution in [0, 0.1) is 6.57 Å². The molecule has 0 atom stereocenters. The van der Waals surface area contributed by atoms with Gasteiger partial charge in [0.1, 0.15) is 0 Å². The second kappa shape index (κ2) is 5.78. The molecule has 0 saturated heterocycles. The van der Waals surface area contributed by atoms with Crippen molar-refractivity contribution < 1.29 is 18.0 Å². The Balaban J connectivity index is 3.47. The molecule has 0 bridgehead atoms. The van der Waals surface area contributed by atoms with E-state index in [0.29, 0.717) is 0 Å². The number of rotatable bonds is 3. The molecule has 3 nitrogen and oxygen atoms in total. The van der Waals surface area contributed by atoms with Gasteiger partial charge in [0.25, 0.3) is 5.91 Å². The smallest absolute Gasteiger partial charge is 0.322 e. The van der Waals surface area contributed by atoms with Gasteiger partial charge in [0.15, 0.2) is 5.69 Å². The molecule has 0 aliphatic rings. The van der Waals surface area contributed by atoms with Crippen LogP contribution in [0.2, 0.25) is 0 Å². The van der Waals surface area contributed by atoms with E-state index in [2.05, 4.69) is 16.7 Å². The molecule has 1 aromatic carbocycles. The number of nitrogens with zero attached hydrogens (tertiary/aromatic N) is 1. The van der Waals surface area contributed by atoms with E-state index < -0.39 is 23.3 Å². The van der Waals surface area contributed by atoms with Gasteiger partial charge in [0, 0.05) is 11.3 Å². The van der Waals surface area contributed by atoms with Crippen molar-refractivity contribution in [2.75, 3.05) is 5.32 Å². The summed E-state index contributed by atoms with van der Waals surface area (Å²) in [6.07, 6.45) is -4.60. The zero-order valence-electron chi connectivity index (χ0n) is 11.1. The third-order valence-electron chi connectivity index (χ3n) is 2.68.